The standard InChI is InChI=1S/C16H14BrFN2O/c1-20(11-12-10-13(17)5-7-15(12)18)16(21)8-6-14-4-2-3-9-19-14/h2-10H,11H2,1H3. The number of pyridine rings is 1. The molecule has 0 unspecified atom stereocenters. The van der Waals surface area contributed by atoms with Crippen LogP contribution < -0.4 is 0 Å². The molecule has 0 atom stereocenters. The Morgan fingerprint density at radius 2 is 2.19 bits per heavy atom. The molecule has 0 saturated carbocycles. The highest BCUT2D eigenvalue weighted by molar-refractivity contribution is 9.10. The maximum absolute atomic E-state index is 13.7. The minimum absolute atomic E-state index is 0.205. The molecule has 1 heterocycles. The number of hydrogen-bond acceptors (Lipinski definition) is 2. The van der Waals surface area contributed by atoms with E-state index in [1.807, 2.05) is 6.07 Å². The minimum atomic E-state index is -0.327. The van der Waals surface area contributed by atoms with E-state index in [0.29, 0.717) is 11.3 Å². The third kappa shape index (κ3) is 4.49. The molecule has 1 aromatic heterocycles. The normalized spacial score (nSPS) is 10.8. The summed E-state index contributed by atoms with van der Waals surface area (Å²) >= 11 is 3.29. The van der Waals surface area contributed by atoms with Crippen molar-refractivity contribution in [2.45, 2.75) is 6.54 Å². The molecule has 0 aliphatic heterocycles. The molecule has 0 bridgehead atoms. The second-order valence-corrected chi connectivity index (χ2v) is 5.43. The highest BCUT2D eigenvalue weighted by Gasteiger charge is 2.09. The summed E-state index contributed by atoms with van der Waals surface area (Å²) in [7, 11) is 1.63. The summed E-state index contributed by atoms with van der Waals surface area (Å²) in [4.78, 5) is 17.5. The van der Waals surface area contributed by atoms with Crippen molar-refractivity contribution in [1.82, 2.24) is 9.88 Å². The van der Waals surface area contributed by atoms with Crippen LogP contribution in [-0.2, 0) is 11.3 Å². The molecule has 0 spiro atoms. The second kappa shape index (κ2) is 7.13. The van der Waals surface area contributed by atoms with Gasteiger partial charge in [0.2, 0.25) is 5.91 Å². The molecule has 1 aromatic carbocycles. The van der Waals surface area contributed by atoms with Crippen LogP contribution in [0.1, 0.15) is 11.3 Å². The molecular formula is C16H14BrFN2O. The number of benzene rings is 1. The zero-order chi connectivity index (χ0) is 15.2. The third-order valence-electron chi connectivity index (χ3n) is 2.88. The number of rotatable bonds is 4. The Balaban J connectivity index is 2.03. The highest BCUT2D eigenvalue weighted by Crippen LogP contribution is 2.17. The lowest BCUT2D eigenvalue weighted by molar-refractivity contribution is -0.125. The maximum Gasteiger partial charge on any atom is 0.246 e. The van der Waals surface area contributed by atoms with Gasteiger partial charge in [-0.15, -0.1) is 0 Å². The van der Waals surface area contributed by atoms with Crippen molar-refractivity contribution in [3.05, 3.63) is 70.2 Å². The van der Waals surface area contributed by atoms with Crippen LogP contribution >= 0.6 is 15.9 Å². The summed E-state index contributed by atoms with van der Waals surface area (Å²) in [5.74, 6) is -0.536. The van der Waals surface area contributed by atoms with Crippen LogP contribution in [0.15, 0.2) is 53.1 Å². The van der Waals surface area contributed by atoms with Gasteiger partial charge in [0.15, 0.2) is 0 Å². The molecule has 2 rings (SSSR count). The van der Waals surface area contributed by atoms with Crippen molar-refractivity contribution in [2.24, 2.45) is 0 Å². The predicted octanol–water partition coefficient (Wildman–Crippen LogP) is 3.66. The van der Waals surface area contributed by atoms with Crippen LogP contribution in [0, 0.1) is 5.82 Å². The van der Waals surface area contributed by atoms with Crippen molar-refractivity contribution in [3.63, 3.8) is 0 Å². The number of carbonyl (C=O) groups excluding carboxylic acids is 1. The zero-order valence-corrected chi connectivity index (χ0v) is 13.0. The van der Waals surface area contributed by atoms with E-state index in [1.54, 1.807) is 43.6 Å². The van der Waals surface area contributed by atoms with Gasteiger partial charge in [0.25, 0.3) is 0 Å². The smallest absolute Gasteiger partial charge is 0.246 e. The van der Waals surface area contributed by atoms with E-state index in [4.69, 9.17) is 0 Å². The largest absolute Gasteiger partial charge is 0.338 e. The first-order chi connectivity index (χ1) is 10.1. The molecule has 5 heteroatoms. The van der Waals surface area contributed by atoms with Crippen molar-refractivity contribution in [1.29, 1.82) is 0 Å². The summed E-state index contributed by atoms with van der Waals surface area (Å²) in [6.45, 7) is 0.205. The number of aromatic nitrogens is 1. The lowest BCUT2D eigenvalue weighted by atomic mass is 10.2. The Bertz CT molecular complexity index is 659. The van der Waals surface area contributed by atoms with Crippen molar-refractivity contribution >= 4 is 27.9 Å². The van der Waals surface area contributed by atoms with Gasteiger partial charge < -0.3 is 4.90 Å². The molecular weight excluding hydrogens is 335 g/mol. The summed E-state index contributed by atoms with van der Waals surface area (Å²) in [5.41, 5.74) is 1.17. The van der Waals surface area contributed by atoms with E-state index in [9.17, 15) is 9.18 Å². The molecule has 2 aromatic rings. The minimum Gasteiger partial charge on any atom is -0.338 e. The fourth-order valence-corrected chi connectivity index (χ4v) is 2.16. The number of nitrogens with zero attached hydrogens (tertiary/aromatic N) is 2. The fourth-order valence-electron chi connectivity index (χ4n) is 1.76. The van der Waals surface area contributed by atoms with Crippen LogP contribution in [0.4, 0.5) is 4.39 Å². The predicted molar refractivity (Wildman–Crippen MR) is 83.8 cm³/mol. The van der Waals surface area contributed by atoms with Crippen LogP contribution in [-0.4, -0.2) is 22.8 Å². The van der Waals surface area contributed by atoms with Gasteiger partial charge in [-0.25, -0.2) is 4.39 Å². The quantitative estimate of drug-likeness (QED) is 0.790. The van der Waals surface area contributed by atoms with Gasteiger partial charge in [0.1, 0.15) is 5.82 Å². The van der Waals surface area contributed by atoms with Crippen molar-refractivity contribution in [2.75, 3.05) is 7.05 Å². The average Bonchev–Trinajstić information content (AvgIpc) is 2.49. The Labute approximate surface area is 131 Å². The van der Waals surface area contributed by atoms with Gasteiger partial charge in [-0.3, -0.25) is 9.78 Å². The number of halogens is 2. The molecule has 21 heavy (non-hydrogen) atoms. The number of hydrogen-bond donors (Lipinski definition) is 0. The third-order valence-corrected chi connectivity index (χ3v) is 3.37. The second-order valence-electron chi connectivity index (χ2n) is 4.52. The van der Waals surface area contributed by atoms with E-state index in [-0.39, 0.29) is 18.3 Å². The van der Waals surface area contributed by atoms with Crippen LogP contribution in [0.5, 0.6) is 0 Å². The first-order valence-electron chi connectivity index (χ1n) is 6.34. The monoisotopic (exact) mass is 348 g/mol. The molecule has 0 N–H and O–H groups in total. The number of carbonyl (C=O) groups is 1. The molecule has 0 saturated heterocycles. The first-order valence-corrected chi connectivity index (χ1v) is 7.13. The number of likely N-dealkylation sites (N-methyl/N-ethyl adjacent to an activating group) is 1. The summed E-state index contributed by atoms with van der Waals surface area (Å²) in [5, 5.41) is 0. The molecule has 0 aliphatic rings. The summed E-state index contributed by atoms with van der Waals surface area (Å²) in [6.07, 6.45) is 4.72. The molecule has 0 radical (unpaired) electrons. The zero-order valence-electron chi connectivity index (χ0n) is 11.5. The lowest BCUT2D eigenvalue weighted by Gasteiger charge is -2.15. The van der Waals surface area contributed by atoms with Gasteiger partial charge in [-0.2, -0.15) is 0 Å². The van der Waals surface area contributed by atoms with Gasteiger partial charge >= 0.3 is 0 Å². The summed E-state index contributed by atoms with van der Waals surface area (Å²) in [6, 6.07) is 10.1. The molecule has 0 fully saturated rings. The fraction of sp³-hybridized carbons (Fsp3) is 0.125. The van der Waals surface area contributed by atoms with Gasteiger partial charge in [0.05, 0.1) is 5.69 Å². The van der Waals surface area contributed by atoms with Crippen LogP contribution in [0.2, 0.25) is 0 Å². The van der Waals surface area contributed by atoms with Gasteiger partial charge in [-0.1, -0.05) is 22.0 Å². The highest BCUT2D eigenvalue weighted by atomic mass is 79.9. The van der Waals surface area contributed by atoms with Crippen LogP contribution in [0.3, 0.4) is 0 Å². The van der Waals surface area contributed by atoms with E-state index in [0.717, 1.165) is 4.47 Å². The molecule has 0 aliphatic carbocycles. The van der Waals surface area contributed by atoms with E-state index in [2.05, 4.69) is 20.9 Å². The molecule has 108 valence electrons. The van der Waals surface area contributed by atoms with Crippen molar-refractivity contribution in [3.8, 4) is 0 Å². The van der Waals surface area contributed by atoms with Gasteiger partial charge in [0, 0.05) is 35.9 Å². The van der Waals surface area contributed by atoms with E-state index < -0.39 is 0 Å². The SMILES string of the molecule is CN(Cc1cc(Br)ccc1F)C(=O)C=Cc1ccccn1. The van der Waals surface area contributed by atoms with E-state index in [1.165, 1.54) is 17.0 Å². The average molecular weight is 349 g/mol. The Morgan fingerprint density at radius 3 is 2.90 bits per heavy atom. The summed E-state index contributed by atoms with van der Waals surface area (Å²) < 4.78 is 14.4. The first kappa shape index (κ1) is 15.4. The topological polar surface area (TPSA) is 33.2 Å². The molecule has 1 amide bonds. The maximum atomic E-state index is 13.7. The van der Waals surface area contributed by atoms with Crippen molar-refractivity contribution < 1.29 is 9.18 Å². The Hall–Kier alpha value is -2.01. The van der Waals surface area contributed by atoms with Crippen LogP contribution in [0.25, 0.3) is 6.08 Å². The number of amides is 1. The lowest BCUT2D eigenvalue weighted by Crippen LogP contribution is -2.24. The molecule has 3 nitrogen and oxygen atoms in total. The Kier molecular flexibility index (Phi) is 5.22. The Morgan fingerprint density at radius 1 is 1.38 bits per heavy atom. The van der Waals surface area contributed by atoms with Gasteiger partial charge in [-0.05, 0) is 36.4 Å². The van der Waals surface area contributed by atoms with E-state index >= 15 is 0 Å².